The monoisotopic (exact) mass is 566 g/mol. The molecule has 2 amide bonds. The van der Waals surface area contributed by atoms with Crippen LogP contribution in [0, 0.1) is 11.8 Å². The zero-order valence-electron chi connectivity index (χ0n) is 20.9. The number of aromatic nitrogens is 5. The van der Waals surface area contributed by atoms with E-state index in [0.717, 1.165) is 34.0 Å². The number of hydrogen-bond donors (Lipinski definition) is 3. The summed E-state index contributed by atoms with van der Waals surface area (Å²) in [7, 11) is 1.39. The van der Waals surface area contributed by atoms with Crippen molar-refractivity contribution in [2.45, 2.75) is 56.9 Å². The minimum Gasteiger partial charge on any atom is -0.352 e. The Kier molecular flexibility index (Phi) is 6.35. The molecule has 2 saturated carbocycles. The van der Waals surface area contributed by atoms with E-state index in [9.17, 15) is 27.2 Å². The molecule has 3 aromatic rings. The summed E-state index contributed by atoms with van der Waals surface area (Å²) in [5, 5.41) is 20.6. The lowest BCUT2D eigenvalue weighted by Crippen LogP contribution is -2.29. The third-order valence-corrected chi connectivity index (χ3v) is 8.58. The van der Waals surface area contributed by atoms with Crippen LogP contribution in [0.15, 0.2) is 12.4 Å². The first kappa shape index (κ1) is 25.8. The number of amides is 2. The van der Waals surface area contributed by atoms with Crippen molar-refractivity contribution in [3.63, 3.8) is 0 Å². The van der Waals surface area contributed by atoms with Crippen molar-refractivity contribution in [2.75, 3.05) is 17.2 Å². The van der Waals surface area contributed by atoms with E-state index in [1.54, 1.807) is 4.57 Å². The molecule has 208 valence electrons. The number of halogens is 4. The van der Waals surface area contributed by atoms with E-state index in [4.69, 9.17) is 0 Å². The van der Waals surface area contributed by atoms with Crippen molar-refractivity contribution >= 4 is 39.9 Å². The van der Waals surface area contributed by atoms with Gasteiger partial charge in [-0.25, -0.2) is 4.39 Å². The number of alkyl halides is 4. The van der Waals surface area contributed by atoms with Gasteiger partial charge in [0.05, 0.1) is 11.5 Å². The second-order valence-electron chi connectivity index (χ2n) is 10.3. The van der Waals surface area contributed by atoms with Gasteiger partial charge in [0, 0.05) is 30.6 Å². The standard InChI is InChI=1S/C24H26F4N8O2S/c1-35-18(8-17(34-35)24(26,27)28)31-23-33-30-10-36(23)12-4-5-16-14(6-12)19(21(38)29-9-11-2-3-11)22(39-16)32-20(37)13-7-15(13)25/h8,10-13,15H,2-7,9H2,1H3,(H,29,38)(H,31,33)(H,32,37)/t12?,13-,15+/m0/s1. The molecule has 0 bridgehead atoms. The summed E-state index contributed by atoms with van der Waals surface area (Å²) in [6, 6.07) is 0.702. The van der Waals surface area contributed by atoms with Gasteiger partial charge in [0.2, 0.25) is 11.9 Å². The smallest absolute Gasteiger partial charge is 0.352 e. The fourth-order valence-electron chi connectivity index (χ4n) is 4.85. The van der Waals surface area contributed by atoms with Crippen LogP contribution in [0.5, 0.6) is 0 Å². The third kappa shape index (κ3) is 5.23. The topological polar surface area (TPSA) is 119 Å². The molecule has 6 rings (SSSR count). The molecule has 3 aliphatic rings. The Morgan fingerprint density at radius 2 is 2.00 bits per heavy atom. The Morgan fingerprint density at radius 3 is 2.67 bits per heavy atom. The molecule has 15 heteroatoms. The van der Waals surface area contributed by atoms with Gasteiger partial charge in [-0.15, -0.1) is 21.5 Å². The van der Waals surface area contributed by atoms with E-state index in [2.05, 4.69) is 31.2 Å². The van der Waals surface area contributed by atoms with Crippen LogP contribution in [0.25, 0.3) is 0 Å². The minimum absolute atomic E-state index is 0.0972. The number of nitrogens with one attached hydrogen (secondary N) is 3. The van der Waals surface area contributed by atoms with Crippen LogP contribution < -0.4 is 16.0 Å². The molecule has 0 radical (unpaired) electrons. The van der Waals surface area contributed by atoms with E-state index in [1.807, 2.05) is 0 Å². The molecule has 2 fully saturated rings. The Balaban J connectivity index is 1.26. The molecular weight excluding hydrogens is 540 g/mol. The molecule has 10 nitrogen and oxygen atoms in total. The van der Waals surface area contributed by atoms with Crippen LogP contribution in [-0.2, 0) is 30.9 Å². The predicted octanol–water partition coefficient (Wildman–Crippen LogP) is 4.00. The second-order valence-corrected chi connectivity index (χ2v) is 11.4. The zero-order valence-corrected chi connectivity index (χ0v) is 21.7. The highest BCUT2D eigenvalue weighted by Crippen LogP contribution is 2.43. The predicted molar refractivity (Wildman–Crippen MR) is 134 cm³/mol. The van der Waals surface area contributed by atoms with Gasteiger partial charge in [-0.1, -0.05) is 0 Å². The van der Waals surface area contributed by atoms with Gasteiger partial charge >= 0.3 is 6.18 Å². The number of thiophene rings is 1. The quantitative estimate of drug-likeness (QED) is 0.355. The Morgan fingerprint density at radius 1 is 1.23 bits per heavy atom. The number of carbonyl (C=O) groups excluding carboxylic acids is 2. The van der Waals surface area contributed by atoms with E-state index in [0.29, 0.717) is 42.3 Å². The lowest BCUT2D eigenvalue weighted by molar-refractivity contribution is -0.141. The van der Waals surface area contributed by atoms with Gasteiger partial charge in [-0.3, -0.25) is 18.8 Å². The molecule has 3 aliphatic carbocycles. The molecule has 3 aromatic heterocycles. The van der Waals surface area contributed by atoms with Crippen LogP contribution in [-0.4, -0.2) is 49.1 Å². The van der Waals surface area contributed by atoms with Crippen LogP contribution in [0.1, 0.15) is 58.2 Å². The lowest BCUT2D eigenvalue weighted by atomic mass is 9.91. The normalized spacial score (nSPS) is 22.3. The second kappa shape index (κ2) is 9.61. The molecule has 1 unspecified atom stereocenters. The molecule has 0 aromatic carbocycles. The average Bonchev–Trinajstić information content (AvgIpc) is 3.71. The third-order valence-electron chi connectivity index (χ3n) is 7.37. The number of carbonyl (C=O) groups is 2. The Bertz CT molecular complexity index is 1430. The fraction of sp³-hybridized carbons (Fsp3) is 0.542. The van der Waals surface area contributed by atoms with Crippen molar-refractivity contribution in [1.82, 2.24) is 29.9 Å². The van der Waals surface area contributed by atoms with Crippen molar-refractivity contribution in [2.24, 2.45) is 18.9 Å². The molecule has 0 spiro atoms. The van der Waals surface area contributed by atoms with E-state index >= 15 is 0 Å². The van der Waals surface area contributed by atoms with Gasteiger partial charge < -0.3 is 16.0 Å². The van der Waals surface area contributed by atoms with E-state index in [-0.39, 0.29) is 30.1 Å². The van der Waals surface area contributed by atoms with Gasteiger partial charge in [-0.2, -0.15) is 18.3 Å². The first-order chi connectivity index (χ1) is 18.6. The molecule has 3 heterocycles. The summed E-state index contributed by atoms with van der Waals surface area (Å²) < 4.78 is 55.7. The zero-order chi connectivity index (χ0) is 27.5. The molecule has 0 aliphatic heterocycles. The van der Waals surface area contributed by atoms with Crippen LogP contribution in [0.4, 0.5) is 34.3 Å². The summed E-state index contributed by atoms with van der Waals surface area (Å²) in [5.74, 6) is -0.585. The van der Waals surface area contributed by atoms with E-state index < -0.39 is 29.9 Å². The maximum Gasteiger partial charge on any atom is 0.435 e. The number of fused-ring (bicyclic) bond motifs is 1. The van der Waals surface area contributed by atoms with Crippen molar-refractivity contribution < 1.29 is 27.2 Å². The maximum atomic E-state index is 13.5. The van der Waals surface area contributed by atoms with Gasteiger partial charge in [-0.05, 0) is 50.0 Å². The summed E-state index contributed by atoms with van der Waals surface area (Å²) in [4.78, 5) is 26.8. The highest BCUT2D eigenvalue weighted by molar-refractivity contribution is 7.17. The number of nitrogens with zero attached hydrogens (tertiary/aromatic N) is 5. The number of anilines is 3. The SMILES string of the molecule is Cn1nc(C(F)(F)F)cc1Nc1nncn1C1CCc2sc(NC(=O)[C@H]3C[C@H]3F)c(C(=O)NCC3CC3)c2C1. The fourth-order valence-corrected chi connectivity index (χ4v) is 6.10. The van der Waals surface area contributed by atoms with Crippen molar-refractivity contribution in [1.29, 1.82) is 0 Å². The maximum absolute atomic E-state index is 13.5. The van der Waals surface area contributed by atoms with Crippen LogP contribution in [0.2, 0.25) is 0 Å². The first-order valence-electron chi connectivity index (χ1n) is 12.7. The largest absolute Gasteiger partial charge is 0.435 e. The number of rotatable bonds is 8. The number of aryl methyl sites for hydroxylation is 2. The summed E-state index contributed by atoms with van der Waals surface area (Å²) in [5.41, 5.74) is 0.168. The highest BCUT2D eigenvalue weighted by Gasteiger charge is 2.44. The molecule has 3 N–H and O–H groups in total. The molecule has 3 atom stereocenters. The summed E-state index contributed by atoms with van der Waals surface area (Å²) in [6.07, 6.45) is -0.224. The van der Waals surface area contributed by atoms with Crippen LogP contribution >= 0.6 is 11.3 Å². The molecule has 39 heavy (non-hydrogen) atoms. The summed E-state index contributed by atoms with van der Waals surface area (Å²) >= 11 is 1.34. The average molecular weight is 567 g/mol. The summed E-state index contributed by atoms with van der Waals surface area (Å²) in [6.45, 7) is 0.555. The Hall–Kier alpha value is -3.49. The highest BCUT2D eigenvalue weighted by atomic mass is 32.1. The van der Waals surface area contributed by atoms with E-state index in [1.165, 1.54) is 24.7 Å². The minimum atomic E-state index is -4.59. The van der Waals surface area contributed by atoms with Gasteiger partial charge in [0.15, 0.2) is 5.69 Å². The number of hydrogen-bond acceptors (Lipinski definition) is 7. The first-order valence-corrected chi connectivity index (χ1v) is 13.6. The van der Waals surface area contributed by atoms with Gasteiger partial charge in [0.25, 0.3) is 5.91 Å². The molecule has 0 saturated heterocycles. The Labute approximate surface area is 224 Å². The van der Waals surface area contributed by atoms with Crippen molar-refractivity contribution in [3.8, 4) is 0 Å². The lowest BCUT2D eigenvalue weighted by Gasteiger charge is -2.25. The van der Waals surface area contributed by atoms with Crippen LogP contribution in [0.3, 0.4) is 0 Å². The van der Waals surface area contributed by atoms with Gasteiger partial charge in [0.1, 0.15) is 23.3 Å². The molecular formula is C24H26F4N8O2S. The van der Waals surface area contributed by atoms with Crippen molar-refractivity contribution in [3.05, 3.63) is 34.1 Å².